The van der Waals surface area contributed by atoms with Gasteiger partial charge in [0.1, 0.15) is 23.4 Å². The third-order valence-electron chi connectivity index (χ3n) is 6.55. The number of benzene rings is 1. The number of nitrogens with one attached hydrogen (secondary N) is 1. The molecule has 1 saturated carbocycles. The molecule has 33 heavy (non-hydrogen) atoms. The second-order valence-electron chi connectivity index (χ2n) is 8.83. The Bertz CT molecular complexity index is 1290. The van der Waals surface area contributed by atoms with E-state index >= 15 is 0 Å². The molecule has 1 saturated heterocycles. The summed E-state index contributed by atoms with van der Waals surface area (Å²) < 4.78 is 17.2. The molecule has 4 aromatic rings. The summed E-state index contributed by atoms with van der Waals surface area (Å²) >= 11 is 0. The summed E-state index contributed by atoms with van der Waals surface area (Å²) in [5, 5.41) is 24.8. The Morgan fingerprint density at radius 3 is 2.73 bits per heavy atom. The van der Waals surface area contributed by atoms with Crippen LogP contribution in [0.3, 0.4) is 0 Å². The van der Waals surface area contributed by atoms with Gasteiger partial charge in [-0.05, 0) is 56.5 Å². The number of aromatic nitrogens is 5. The summed E-state index contributed by atoms with van der Waals surface area (Å²) in [5.74, 6) is 2.07. The molecule has 0 amide bonds. The van der Waals surface area contributed by atoms with Crippen LogP contribution >= 0.6 is 0 Å². The first-order valence-electron chi connectivity index (χ1n) is 11.2. The molecule has 2 aliphatic rings. The molecule has 2 atom stereocenters. The van der Waals surface area contributed by atoms with Crippen LogP contribution in [0.2, 0.25) is 0 Å². The van der Waals surface area contributed by atoms with Gasteiger partial charge in [0.15, 0.2) is 5.60 Å². The third-order valence-corrected chi connectivity index (χ3v) is 6.55. The second-order valence-corrected chi connectivity index (χ2v) is 8.83. The van der Waals surface area contributed by atoms with E-state index in [1.165, 1.54) is 0 Å². The summed E-state index contributed by atoms with van der Waals surface area (Å²) in [5.41, 5.74) is 3.42. The number of rotatable bonds is 5. The van der Waals surface area contributed by atoms with Crippen LogP contribution in [0.5, 0.6) is 0 Å². The van der Waals surface area contributed by atoms with E-state index in [0.717, 1.165) is 41.0 Å². The van der Waals surface area contributed by atoms with Crippen molar-refractivity contribution in [2.45, 2.75) is 44.3 Å². The Hall–Kier alpha value is -3.14. The van der Waals surface area contributed by atoms with Gasteiger partial charge in [-0.3, -0.25) is 0 Å². The molecule has 2 unspecified atom stereocenters. The van der Waals surface area contributed by atoms with E-state index < -0.39 is 11.7 Å². The number of fused-ring (bicyclic) bond motifs is 1. The molecule has 170 valence electrons. The van der Waals surface area contributed by atoms with Crippen LogP contribution in [0.25, 0.3) is 22.2 Å². The van der Waals surface area contributed by atoms with Gasteiger partial charge in [0.05, 0.1) is 36.5 Å². The number of ether oxygens (including phenoxy) is 2. The molecule has 2 fully saturated rings. The maximum atomic E-state index is 12.4. The molecule has 1 aromatic carbocycles. The van der Waals surface area contributed by atoms with Gasteiger partial charge in [-0.15, -0.1) is 0 Å². The van der Waals surface area contributed by atoms with Gasteiger partial charge in [0, 0.05) is 23.2 Å². The van der Waals surface area contributed by atoms with Crippen LogP contribution in [-0.2, 0) is 15.1 Å². The molecule has 1 aliphatic heterocycles. The zero-order valence-corrected chi connectivity index (χ0v) is 18.5. The molecule has 1 aliphatic carbocycles. The fraction of sp³-hybridized carbons (Fsp3) is 0.417. The Balaban J connectivity index is 1.64. The minimum absolute atomic E-state index is 0.226. The van der Waals surface area contributed by atoms with E-state index in [-0.39, 0.29) is 6.61 Å². The van der Waals surface area contributed by atoms with Crippen molar-refractivity contribution in [1.29, 1.82) is 0 Å². The van der Waals surface area contributed by atoms with Crippen molar-refractivity contribution in [1.82, 2.24) is 25.3 Å². The standard InChI is InChI=1S/C24H25N5O4/c1-13-21(14(2)33-29-13)16-10-17(22-18(11-16)26-23(27-22)15-5-6-15)24(30,19-4-3-7-25-28-19)20-12-31-8-9-32-20/h3-4,7,10-11,15,20,30H,5-6,8-9,12H2,1-2H3,(H,26,27). The number of imidazole rings is 1. The summed E-state index contributed by atoms with van der Waals surface area (Å²) in [6, 6.07) is 7.50. The van der Waals surface area contributed by atoms with Crippen LogP contribution in [0, 0.1) is 13.8 Å². The Labute approximate surface area is 190 Å². The van der Waals surface area contributed by atoms with E-state index in [1.54, 1.807) is 18.3 Å². The van der Waals surface area contributed by atoms with Gasteiger partial charge in [-0.25, -0.2) is 4.98 Å². The third kappa shape index (κ3) is 3.35. The van der Waals surface area contributed by atoms with Crippen LogP contribution in [0.15, 0.2) is 35.0 Å². The van der Waals surface area contributed by atoms with Crippen LogP contribution in [-0.4, -0.2) is 56.4 Å². The van der Waals surface area contributed by atoms with E-state index in [2.05, 4.69) is 20.3 Å². The predicted octanol–water partition coefficient (Wildman–Crippen LogP) is 3.15. The largest absolute Gasteiger partial charge is 0.376 e. The number of aryl methyl sites for hydroxylation is 2. The predicted molar refractivity (Wildman–Crippen MR) is 119 cm³/mol. The summed E-state index contributed by atoms with van der Waals surface area (Å²) in [6.45, 7) is 4.88. The Kier molecular flexibility index (Phi) is 4.79. The molecular weight excluding hydrogens is 422 g/mol. The van der Waals surface area contributed by atoms with Crippen molar-refractivity contribution < 1.29 is 19.1 Å². The van der Waals surface area contributed by atoms with Crippen molar-refractivity contribution >= 4 is 11.0 Å². The van der Waals surface area contributed by atoms with E-state index in [1.807, 2.05) is 26.0 Å². The van der Waals surface area contributed by atoms with Crippen molar-refractivity contribution in [2.24, 2.45) is 0 Å². The van der Waals surface area contributed by atoms with Crippen molar-refractivity contribution in [3.8, 4) is 11.1 Å². The molecule has 0 bridgehead atoms. The van der Waals surface area contributed by atoms with Gasteiger partial charge < -0.3 is 24.1 Å². The minimum Gasteiger partial charge on any atom is -0.376 e. The van der Waals surface area contributed by atoms with Gasteiger partial charge in [0.25, 0.3) is 0 Å². The number of nitrogens with zero attached hydrogens (tertiary/aromatic N) is 4. The SMILES string of the molecule is Cc1noc(C)c1-c1cc(C(O)(c2cccnn2)C2COCCO2)c2nc(C3CC3)[nH]c2c1. The van der Waals surface area contributed by atoms with E-state index in [4.69, 9.17) is 19.0 Å². The molecule has 3 aromatic heterocycles. The summed E-state index contributed by atoms with van der Waals surface area (Å²) in [7, 11) is 0. The molecule has 0 spiro atoms. The van der Waals surface area contributed by atoms with Crippen molar-refractivity contribution in [2.75, 3.05) is 19.8 Å². The lowest BCUT2D eigenvalue weighted by Crippen LogP contribution is -2.48. The highest BCUT2D eigenvalue weighted by Gasteiger charge is 2.46. The number of hydrogen-bond donors (Lipinski definition) is 2. The Morgan fingerprint density at radius 1 is 1.18 bits per heavy atom. The first-order chi connectivity index (χ1) is 16.1. The topological polar surface area (TPSA) is 119 Å². The average molecular weight is 447 g/mol. The number of H-pyrrole nitrogens is 1. The van der Waals surface area contributed by atoms with Gasteiger partial charge in [-0.1, -0.05) is 5.16 Å². The van der Waals surface area contributed by atoms with E-state index in [9.17, 15) is 5.11 Å². The lowest BCUT2D eigenvalue weighted by molar-refractivity contribution is -0.165. The van der Waals surface area contributed by atoms with E-state index in [0.29, 0.717) is 41.7 Å². The first kappa shape index (κ1) is 20.5. The number of hydrogen-bond acceptors (Lipinski definition) is 8. The highest BCUT2D eigenvalue weighted by molar-refractivity contribution is 5.87. The van der Waals surface area contributed by atoms with Gasteiger partial charge in [-0.2, -0.15) is 10.2 Å². The fourth-order valence-electron chi connectivity index (χ4n) is 4.73. The van der Waals surface area contributed by atoms with Gasteiger partial charge in [0.2, 0.25) is 0 Å². The maximum absolute atomic E-state index is 12.4. The zero-order valence-electron chi connectivity index (χ0n) is 18.5. The normalized spacial score (nSPS) is 20.8. The zero-order chi connectivity index (χ0) is 22.6. The molecule has 6 rings (SSSR count). The van der Waals surface area contributed by atoms with Crippen LogP contribution in [0.1, 0.15) is 47.3 Å². The Morgan fingerprint density at radius 2 is 2.06 bits per heavy atom. The summed E-state index contributed by atoms with van der Waals surface area (Å²) in [6.07, 6.45) is 3.13. The number of aliphatic hydroxyl groups is 1. The molecule has 9 nitrogen and oxygen atoms in total. The molecular formula is C24H25N5O4. The highest BCUT2D eigenvalue weighted by Crippen LogP contribution is 2.44. The molecule has 4 heterocycles. The fourth-order valence-corrected chi connectivity index (χ4v) is 4.73. The average Bonchev–Trinajstić information content (AvgIpc) is 3.53. The van der Waals surface area contributed by atoms with Crippen molar-refractivity contribution in [3.05, 3.63) is 59.0 Å². The second kappa shape index (κ2) is 7.72. The monoisotopic (exact) mass is 447 g/mol. The molecule has 0 radical (unpaired) electrons. The lowest BCUT2D eigenvalue weighted by atomic mass is 9.82. The first-order valence-corrected chi connectivity index (χ1v) is 11.2. The quantitative estimate of drug-likeness (QED) is 0.479. The van der Waals surface area contributed by atoms with Crippen LogP contribution in [0.4, 0.5) is 0 Å². The van der Waals surface area contributed by atoms with Crippen molar-refractivity contribution in [3.63, 3.8) is 0 Å². The molecule has 9 heteroatoms. The minimum atomic E-state index is -1.63. The smallest absolute Gasteiger partial charge is 0.164 e. The van der Waals surface area contributed by atoms with Gasteiger partial charge >= 0.3 is 0 Å². The molecule has 2 N–H and O–H groups in total. The maximum Gasteiger partial charge on any atom is 0.164 e. The highest BCUT2D eigenvalue weighted by atomic mass is 16.6. The van der Waals surface area contributed by atoms with Crippen LogP contribution < -0.4 is 0 Å². The lowest BCUT2D eigenvalue weighted by Gasteiger charge is -2.37. The summed E-state index contributed by atoms with van der Waals surface area (Å²) in [4.78, 5) is 8.41. The number of aromatic amines is 1.